The maximum Gasteiger partial charge on any atom is 0.147 e. The Morgan fingerprint density at radius 2 is 2.30 bits per heavy atom. The predicted molar refractivity (Wildman–Crippen MR) is 80.4 cm³/mol. The molecule has 0 aliphatic carbocycles. The molecular formula is C14H17BrClFN2O. The number of hydrogen-bond acceptors (Lipinski definition) is 3. The number of halogens is 3. The molecule has 0 aromatic heterocycles. The number of morpholine rings is 1. The zero-order chi connectivity index (χ0) is 14.3. The summed E-state index contributed by atoms with van der Waals surface area (Å²) in [5.41, 5.74) is 6.62. The molecule has 2 aliphatic rings. The van der Waals surface area contributed by atoms with Crippen LogP contribution in [0.15, 0.2) is 16.6 Å². The van der Waals surface area contributed by atoms with Crippen LogP contribution in [0.1, 0.15) is 24.4 Å². The normalized spacial score (nSPS) is 28.4. The Hall–Kier alpha value is -0.200. The smallest absolute Gasteiger partial charge is 0.147 e. The van der Waals surface area contributed by atoms with Crippen molar-refractivity contribution in [2.24, 2.45) is 5.73 Å². The van der Waals surface area contributed by atoms with Gasteiger partial charge in [-0.1, -0.05) is 17.7 Å². The first-order valence-electron chi connectivity index (χ1n) is 6.82. The van der Waals surface area contributed by atoms with Gasteiger partial charge in [0, 0.05) is 22.6 Å². The molecule has 0 radical (unpaired) electrons. The monoisotopic (exact) mass is 362 g/mol. The van der Waals surface area contributed by atoms with E-state index in [-0.39, 0.29) is 11.1 Å². The van der Waals surface area contributed by atoms with Gasteiger partial charge in [0.05, 0.1) is 23.8 Å². The number of hydrogen-bond donors (Lipinski definition) is 1. The molecule has 0 amide bonds. The quantitative estimate of drug-likeness (QED) is 0.821. The van der Waals surface area contributed by atoms with Gasteiger partial charge in [-0.05, 0) is 41.4 Å². The van der Waals surface area contributed by atoms with E-state index in [9.17, 15) is 4.39 Å². The number of benzene rings is 1. The van der Waals surface area contributed by atoms with Gasteiger partial charge in [-0.3, -0.25) is 4.90 Å². The van der Waals surface area contributed by atoms with Crippen LogP contribution in [-0.4, -0.2) is 36.7 Å². The lowest BCUT2D eigenvalue weighted by Crippen LogP contribution is -2.49. The summed E-state index contributed by atoms with van der Waals surface area (Å²) in [6.45, 7) is 2.53. The van der Waals surface area contributed by atoms with Crippen molar-refractivity contribution in [2.75, 3.05) is 19.7 Å². The first-order chi connectivity index (χ1) is 9.58. The van der Waals surface area contributed by atoms with Crippen LogP contribution in [0.5, 0.6) is 0 Å². The van der Waals surface area contributed by atoms with Crippen LogP contribution in [0.4, 0.5) is 4.39 Å². The fourth-order valence-electron chi connectivity index (χ4n) is 3.06. The maximum absolute atomic E-state index is 14.2. The zero-order valence-corrected chi connectivity index (χ0v) is 13.3. The molecule has 2 heterocycles. The second-order valence-corrected chi connectivity index (χ2v) is 6.69. The first-order valence-corrected chi connectivity index (χ1v) is 7.99. The summed E-state index contributed by atoms with van der Waals surface area (Å²) in [5.74, 6) is -0.458. The van der Waals surface area contributed by atoms with E-state index >= 15 is 0 Å². The van der Waals surface area contributed by atoms with Gasteiger partial charge in [0.15, 0.2) is 0 Å². The van der Waals surface area contributed by atoms with Crippen molar-refractivity contribution < 1.29 is 9.13 Å². The van der Waals surface area contributed by atoms with E-state index in [2.05, 4.69) is 20.8 Å². The minimum absolute atomic E-state index is 0.0767. The van der Waals surface area contributed by atoms with E-state index < -0.39 is 11.9 Å². The average Bonchev–Trinajstić information content (AvgIpc) is 2.91. The summed E-state index contributed by atoms with van der Waals surface area (Å²) in [6, 6.07) is 3.41. The van der Waals surface area contributed by atoms with Crippen LogP contribution in [0.3, 0.4) is 0 Å². The molecular weight excluding hydrogens is 347 g/mol. The van der Waals surface area contributed by atoms with Crippen molar-refractivity contribution in [1.29, 1.82) is 0 Å². The lowest BCUT2D eigenvalue weighted by atomic mass is 9.99. The topological polar surface area (TPSA) is 38.5 Å². The summed E-state index contributed by atoms with van der Waals surface area (Å²) < 4.78 is 20.6. The highest BCUT2D eigenvalue weighted by molar-refractivity contribution is 9.10. The molecule has 0 bridgehead atoms. The number of fused-ring (bicyclic) bond motifs is 1. The SMILES string of the molecule is NC(c1ccc(Br)c(Cl)c1F)C1CN2CCCC2CO1. The highest BCUT2D eigenvalue weighted by atomic mass is 79.9. The summed E-state index contributed by atoms with van der Waals surface area (Å²) in [4.78, 5) is 2.40. The van der Waals surface area contributed by atoms with Crippen molar-refractivity contribution in [2.45, 2.75) is 31.0 Å². The highest BCUT2D eigenvalue weighted by Crippen LogP contribution is 2.33. The Morgan fingerprint density at radius 3 is 3.10 bits per heavy atom. The molecule has 0 saturated carbocycles. The Labute approximate surface area is 131 Å². The molecule has 1 aromatic rings. The molecule has 2 aliphatic heterocycles. The molecule has 0 spiro atoms. The molecule has 2 N–H and O–H groups in total. The second kappa shape index (κ2) is 5.89. The predicted octanol–water partition coefficient (Wildman–Crippen LogP) is 3.10. The Kier molecular flexibility index (Phi) is 4.34. The van der Waals surface area contributed by atoms with Gasteiger partial charge in [-0.2, -0.15) is 0 Å². The zero-order valence-electron chi connectivity index (χ0n) is 11.0. The van der Waals surface area contributed by atoms with E-state index in [0.29, 0.717) is 22.7 Å². The van der Waals surface area contributed by atoms with E-state index in [4.69, 9.17) is 22.1 Å². The minimum Gasteiger partial charge on any atom is -0.373 e. The fraction of sp³-hybridized carbons (Fsp3) is 0.571. The van der Waals surface area contributed by atoms with E-state index in [1.54, 1.807) is 12.1 Å². The molecule has 3 rings (SSSR count). The van der Waals surface area contributed by atoms with Crippen LogP contribution < -0.4 is 5.73 Å². The summed E-state index contributed by atoms with van der Waals surface area (Å²) >= 11 is 9.14. The van der Waals surface area contributed by atoms with Crippen molar-refractivity contribution in [1.82, 2.24) is 4.90 Å². The van der Waals surface area contributed by atoms with Crippen LogP contribution in [0.25, 0.3) is 0 Å². The highest BCUT2D eigenvalue weighted by Gasteiger charge is 2.36. The van der Waals surface area contributed by atoms with Crippen LogP contribution in [0.2, 0.25) is 5.02 Å². The Morgan fingerprint density at radius 1 is 1.50 bits per heavy atom. The molecule has 20 heavy (non-hydrogen) atoms. The number of ether oxygens (including phenoxy) is 1. The third-order valence-electron chi connectivity index (χ3n) is 4.24. The fourth-order valence-corrected chi connectivity index (χ4v) is 3.54. The summed E-state index contributed by atoms with van der Waals surface area (Å²) in [5, 5.41) is 0.0767. The van der Waals surface area contributed by atoms with Crippen LogP contribution in [-0.2, 0) is 4.74 Å². The van der Waals surface area contributed by atoms with Crippen molar-refractivity contribution in [3.63, 3.8) is 0 Å². The summed E-state index contributed by atoms with van der Waals surface area (Å²) in [7, 11) is 0. The van der Waals surface area contributed by atoms with Gasteiger partial charge in [0.25, 0.3) is 0 Å². The summed E-state index contributed by atoms with van der Waals surface area (Å²) in [6.07, 6.45) is 2.20. The molecule has 3 atom stereocenters. The molecule has 110 valence electrons. The van der Waals surface area contributed by atoms with Crippen molar-refractivity contribution >= 4 is 27.5 Å². The molecule has 6 heteroatoms. The third kappa shape index (κ3) is 2.62. The van der Waals surface area contributed by atoms with E-state index in [0.717, 1.165) is 13.1 Å². The van der Waals surface area contributed by atoms with Gasteiger partial charge >= 0.3 is 0 Å². The van der Waals surface area contributed by atoms with Crippen LogP contribution >= 0.6 is 27.5 Å². The molecule has 3 nitrogen and oxygen atoms in total. The van der Waals surface area contributed by atoms with Gasteiger partial charge < -0.3 is 10.5 Å². The largest absolute Gasteiger partial charge is 0.373 e. The van der Waals surface area contributed by atoms with Crippen molar-refractivity contribution in [3.8, 4) is 0 Å². The minimum atomic E-state index is -0.498. The molecule has 3 unspecified atom stereocenters. The number of nitrogens with two attached hydrogens (primary N) is 1. The van der Waals surface area contributed by atoms with Gasteiger partial charge in [0.2, 0.25) is 0 Å². The molecule has 2 saturated heterocycles. The lowest BCUT2D eigenvalue weighted by molar-refractivity contribution is -0.0601. The first kappa shape index (κ1) is 14.7. The van der Waals surface area contributed by atoms with E-state index in [1.807, 2.05) is 0 Å². The lowest BCUT2D eigenvalue weighted by Gasteiger charge is -2.37. The maximum atomic E-state index is 14.2. The number of rotatable bonds is 2. The third-order valence-corrected chi connectivity index (χ3v) is 5.50. The van der Waals surface area contributed by atoms with Gasteiger partial charge in [-0.15, -0.1) is 0 Å². The van der Waals surface area contributed by atoms with Crippen LogP contribution in [0, 0.1) is 5.82 Å². The van der Waals surface area contributed by atoms with E-state index in [1.165, 1.54) is 12.8 Å². The van der Waals surface area contributed by atoms with Crippen molar-refractivity contribution in [3.05, 3.63) is 33.0 Å². The molecule has 1 aromatic carbocycles. The second-order valence-electron chi connectivity index (χ2n) is 5.45. The van der Waals surface area contributed by atoms with Gasteiger partial charge in [-0.25, -0.2) is 4.39 Å². The Bertz CT molecular complexity index is 516. The average molecular weight is 364 g/mol. The van der Waals surface area contributed by atoms with Gasteiger partial charge in [0.1, 0.15) is 5.82 Å². The Balaban J connectivity index is 1.79. The standard InChI is InChI=1S/C14H17BrClFN2O/c15-10-4-3-9(13(17)12(10)16)14(18)11-6-19-5-1-2-8(19)7-20-11/h3-4,8,11,14H,1-2,5-7,18H2. The number of nitrogens with zero attached hydrogens (tertiary/aromatic N) is 1. The molecule has 2 fully saturated rings.